The summed E-state index contributed by atoms with van der Waals surface area (Å²) in [6.45, 7) is 4.04. The summed E-state index contributed by atoms with van der Waals surface area (Å²) in [5.74, 6) is -0.149. The third-order valence-corrected chi connectivity index (χ3v) is 8.53. The van der Waals surface area contributed by atoms with Gasteiger partial charge in [0.15, 0.2) is 9.84 Å². The first-order valence-electron chi connectivity index (χ1n) is 10.0. The molecule has 0 N–H and O–H groups in total. The maximum atomic E-state index is 13.4. The molecule has 2 aliphatic rings. The predicted octanol–water partition coefficient (Wildman–Crippen LogP) is 5.48. The molecule has 5 rings (SSSR count). The van der Waals surface area contributed by atoms with Gasteiger partial charge in [0, 0.05) is 5.92 Å². The van der Waals surface area contributed by atoms with Gasteiger partial charge in [0.05, 0.1) is 15.7 Å². The van der Waals surface area contributed by atoms with Crippen molar-refractivity contribution in [1.29, 1.82) is 0 Å². The van der Waals surface area contributed by atoms with Gasteiger partial charge in [-0.25, -0.2) is 8.42 Å². The van der Waals surface area contributed by atoms with Crippen molar-refractivity contribution in [3.05, 3.63) is 90.0 Å². The van der Waals surface area contributed by atoms with Crippen LogP contribution >= 0.6 is 0 Å². The predicted molar refractivity (Wildman–Crippen MR) is 115 cm³/mol. The van der Waals surface area contributed by atoms with Crippen LogP contribution in [0.4, 0.5) is 0 Å². The molecule has 1 unspecified atom stereocenters. The van der Waals surface area contributed by atoms with E-state index in [4.69, 9.17) is 4.74 Å². The van der Waals surface area contributed by atoms with E-state index in [1.807, 2.05) is 32.0 Å². The highest BCUT2D eigenvalue weighted by molar-refractivity contribution is 7.92. The highest BCUT2D eigenvalue weighted by atomic mass is 32.2. The largest absolute Gasteiger partial charge is 0.363 e. The molecule has 3 aromatic rings. The Labute approximate surface area is 171 Å². The summed E-state index contributed by atoms with van der Waals surface area (Å²) in [6, 6.07) is 23.4. The topological polar surface area (TPSA) is 43.4 Å². The van der Waals surface area contributed by atoms with E-state index >= 15 is 0 Å². The molecular weight excluding hydrogens is 380 g/mol. The van der Waals surface area contributed by atoms with Crippen LogP contribution in [0.3, 0.4) is 0 Å². The van der Waals surface area contributed by atoms with Crippen LogP contribution in [-0.4, -0.2) is 19.3 Å². The molecule has 3 nitrogen and oxygen atoms in total. The third kappa shape index (κ3) is 2.93. The van der Waals surface area contributed by atoms with Crippen LogP contribution in [0.2, 0.25) is 0 Å². The zero-order valence-corrected chi connectivity index (χ0v) is 17.4. The normalized spacial score (nSPS) is 25.7. The van der Waals surface area contributed by atoms with Gasteiger partial charge in [0.2, 0.25) is 0 Å². The molecule has 1 fully saturated rings. The van der Waals surface area contributed by atoms with Crippen molar-refractivity contribution in [1.82, 2.24) is 0 Å². The summed E-state index contributed by atoms with van der Waals surface area (Å²) in [5, 5.41) is 1.87. The highest BCUT2D eigenvalue weighted by Gasteiger charge is 2.55. The average molecular weight is 405 g/mol. The van der Waals surface area contributed by atoms with Crippen molar-refractivity contribution >= 4 is 20.6 Å². The molecule has 1 heterocycles. The van der Waals surface area contributed by atoms with Gasteiger partial charge in [-0.15, -0.1) is 0 Å². The van der Waals surface area contributed by atoms with Gasteiger partial charge in [0.1, 0.15) is 6.10 Å². The van der Waals surface area contributed by atoms with E-state index in [9.17, 15) is 8.42 Å². The highest BCUT2D eigenvalue weighted by Crippen LogP contribution is 2.55. The smallest absolute Gasteiger partial charge is 0.182 e. The first-order chi connectivity index (χ1) is 13.9. The number of rotatable bonds is 3. The first kappa shape index (κ1) is 18.6. The molecule has 3 atom stereocenters. The Hall–Kier alpha value is -2.43. The fraction of sp³-hybridized carbons (Fsp3) is 0.280. The first-order valence-corrected chi connectivity index (χ1v) is 11.6. The summed E-state index contributed by atoms with van der Waals surface area (Å²) in [4.78, 5) is 0.393. The van der Waals surface area contributed by atoms with Gasteiger partial charge in [-0.1, -0.05) is 60.7 Å². The van der Waals surface area contributed by atoms with Gasteiger partial charge >= 0.3 is 0 Å². The van der Waals surface area contributed by atoms with E-state index in [-0.39, 0.29) is 12.0 Å². The van der Waals surface area contributed by atoms with Crippen LogP contribution in [0.15, 0.2) is 89.3 Å². The molecule has 4 heteroatoms. The van der Waals surface area contributed by atoms with Crippen LogP contribution in [0.1, 0.15) is 31.9 Å². The lowest BCUT2D eigenvalue weighted by Crippen LogP contribution is -2.38. The van der Waals surface area contributed by atoms with Gasteiger partial charge in [-0.05, 0) is 60.4 Å². The number of allylic oxidation sites excluding steroid dienone is 1. The maximum Gasteiger partial charge on any atom is 0.182 e. The van der Waals surface area contributed by atoms with Crippen molar-refractivity contribution in [2.24, 2.45) is 5.92 Å². The summed E-state index contributed by atoms with van der Waals surface area (Å²) < 4.78 is 33.3. The number of hydrogen-bond donors (Lipinski definition) is 0. The van der Waals surface area contributed by atoms with E-state index < -0.39 is 20.7 Å². The molecule has 0 spiro atoms. The molecule has 0 amide bonds. The number of fused-ring (bicyclic) bond motifs is 2. The van der Waals surface area contributed by atoms with Crippen molar-refractivity contribution in [3.63, 3.8) is 0 Å². The minimum absolute atomic E-state index is 0.149. The maximum absolute atomic E-state index is 13.4. The second-order valence-corrected chi connectivity index (χ2v) is 10.7. The van der Waals surface area contributed by atoms with Crippen LogP contribution in [-0.2, 0) is 14.6 Å². The van der Waals surface area contributed by atoms with Crippen LogP contribution in [0, 0.1) is 5.92 Å². The minimum Gasteiger partial charge on any atom is -0.363 e. The van der Waals surface area contributed by atoms with Crippen molar-refractivity contribution < 1.29 is 13.2 Å². The molecule has 1 aliphatic heterocycles. The Morgan fingerprint density at radius 3 is 2.34 bits per heavy atom. The monoisotopic (exact) mass is 404 g/mol. The molecule has 29 heavy (non-hydrogen) atoms. The van der Waals surface area contributed by atoms with E-state index in [0.29, 0.717) is 11.3 Å². The summed E-state index contributed by atoms with van der Waals surface area (Å²) in [7, 11) is -3.44. The van der Waals surface area contributed by atoms with Crippen LogP contribution in [0.25, 0.3) is 10.8 Å². The summed E-state index contributed by atoms with van der Waals surface area (Å²) in [6.07, 6.45) is 2.44. The Morgan fingerprint density at radius 1 is 0.897 bits per heavy atom. The Morgan fingerprint density at radius 2 is 1.59 bits per heavy atom. The van der Waals surface area contributed by atoms with Crippen molar-refractivity contribution in [3.8, 4) is 0 Å². The quantitative estimate of drug-likeness (QED) is 0.543. The number of ether oxygens (including phenoxy) is 1. The standard InChI is InChI=1S/C25H24O3S/c1-25(2)23-21(14-15-22(23)29(26,27)20-10-4-3-5-11-20)24(28-25)19-13-12-17-8-6-7-9-18(17)16-19/h3-14,16,22-24H,15H2,1-2H3/t22-,23?,24+/m0/s1. The lowest BCUT2D eigenvalue weighted by Gasteiger charge is -2.30. The van der Waals surface area contributed by atoms with Crippen LogP contribution < -0.4 is 0 Å². The van der Waals surface area contributed by atoms with E-state index in [1.165, 1.54) is 10.8 Å². The van der Waals surface area contributed by atoms with E-state index in [2.05, 4.69) is 36.4 Å². The van der Waals surface area contributed by atoms with Crippen LogP contribution in [0.5, 0.6) is 0 Å². The molecule has 0 aromatic heterocycles. The fourth-order valence-electron chi connectivity index (χ4n) is 5.02. The molecule has 1 aliphatic carbocycles. The molecule has 1 saturated heterocycles. The second-order valence-electron chi connectivity index (χ2n) is 8.52. The van der Waals surface area contributed by atoms with E-state index in [0.717, 1.165) is 11.1 Å². The van der Waals surface area contributed by atoms with Gasteiger partial charge in [-0.3, -0.25) is 0 Å². The van der Waals surface area contributed by atoms with Gasteiger partial charge in [-0.2, -0.15) is 0 Å². The average Bonchev–Trinajstić information content (AvgIpc) is 3.29. The van der Waals surface area contributed by atoms with Crippen molar-refractivity contribution in [2.75, 3.05) is 0 Å². The fourth-order valence-corrected chi connectivity index (χ4v) is 7.10. The molecule has 0 bridgehead atoms. The minimum atomic E-state index is -3.44. The van der Waals surface area contributed by atoms with Gasteiger partial charge in [0.25, 0.3) is 0 Å². The van der Waals surface area contributed by atoms with Crippen molar-refractivity contribution in [2.45, 2.75) is 42.1 Å². The lowest BCUT2D eigenvalue weighted by molar-refractivity contribution is -0.0323. The number of hydrogen-bond acceptors (Lipinski definition) is 3. The van der Waals surface area contributed by atoms with Gasteiger partial charge < -0.3 is 4.74 Å². The number of benzene rings is 3. The zero-order chi connectivity index (χ0) is 20.2. The molecule has 0 saturated carbocycles. The number of sulfone groups is 1. The molecular formula is C25H24O3S. The Balaban J connectivity index is 1.54. The van der Waals surface area contributed by atoms with E-state index in [1.54, 1.807) is 24.3 Å². The lowest BCUT2D eigenvalue weighted by atomic mass is 9.85. The molecule has 0 radical (unpaired) electrons. The molecule has 148 valence electrons. The Bertz CT molecular complexity index is 1210. The summed E-state index contributed by atoms with van der Waals surface area (Å²) in [5.41, 5.74) is 1.64. The summed E-state index contributed by atoms with van der Waals surface area (Å²) >= 11 is 0. The zero-order valence-electron chi connectivity index (χ0n) is 16.6. The second kappa shape index (κ2) is 6.54. The Kier molecular flexibility index (Phi) is 4.19. The third-order valence-electron chi connectivity index (χ3n) is 6.34. The SMILES string of the molecule is CC1(C)O[C@H](c2ccc3ccccc3c2)C2=CC[C@H](S(=O)(=O)c3ccccc3)C21. The molecule has 3 aromatic carbocycles.